The Morgan fingerprint density at radius 3 is 3.05 bits per heavy atom. The first-order valence-corrected chi connectivity index (χ1v) is 7.84. The van der Waals surface area contributed by atoms with E-state index in [-0.39, 0.29) is 5.97 Å². The standard InChI is InChI=1S/C16H23N3O2/c1-21-16(20)12-7-9-18-15(11-12)19-10-3-2-6-14(19)13-5-4-8-17-13/h7,9,11,13-14,17H,2-6,8,10H2,1H3. The van der Waals surface area contributed by atoms with Gasteiger partial charge in [-0.05, 0) is 50.8 Å². The number of anilines is 1. The fourth-order valence-electron chi connectivity index (χ4n) is 3.52. The first-order chi connectivity index (χ1) is 10.3. The third-order valence-corrected chi connectivity index (χ3v) is 4.57. The Balaban J connectivity index is 1.84. The summed E-state index contributed by atoms with van der Waals surface area (Å²) < 4.78 is 4.81. The number of ether oxygens (including phenoxy) is 1. The fraction of sp³-hybridized carbons (Fsp3) is 0.625. The Morgan fingerprint density at radius 2 is 2.29 bits per heavy atom. The summed E-state index contributed by atoms with van der Waals surface area (Å²) in [6.45, 7) is 2.13. The zero-order chi connectivity index (χ0) is 14.7. The third-order valence-electron chi connectivity index (χ3n) is 4.57. The summed E-state index contributed by atoms with van der Waals surface area (Å²) in [5.74, 6) is 0.600. The molecule has 2 aliphatic heterocycles. The molecule has 0 aliphatic carbocycles. The second-order valence-corrected chi connectivity index (χ2v) is 5.85. The monoisotopic (exact) mass is 289 g/mol. The van der Waals surface area contributed by atoms with Crippen LogP contribution in [0.2, 0.25) is 0 Å². The predicted molar refractivity (Wildman–Crippen MR) is 81.6 cm³/mol. The number of nitrogens with zero attached hydrogens (tertiary/aromatic N) is 2. The smallest absolute Gasteiger partial charge is 0.338 e. The molecule has 3 rings (SSSR count). The van der Waals surface area contributed by atoms with Gasteiger partial charge in [0.15, 0.2) is 0 Å². The van der Waals surface area contributed by atoms with Gasteiger partial charge in [-0.25, -0.2) is 9.78 Å². The number of aromatic nitrogens is 1. The van der Waals surface area contributed by atoms with Crippen molar-refractivity contribution in [3.63, 3.8) is 0 Å². The zero-order valence-electron chi connectivity index (χ0n) is 12.5. The molecule has 0 saturated carbocycles. The molecule has 0 aromatic carbocycles. The molecule has 0 amide bonds. The molecule has 0 radical (unpaired) electrons. The number of methoxy groups -OCH3 is 1. The highest BCUT2D eigenvalue weighted by molar-refractivity contribution is 5.90. The van der Waals surface area contributed by atoms with E-state index in [1.165, 1.54) is 39.2 Å². The highest BCUT2D eigenvalue weighted by atomic mass is 16.5. The molecule has 5 heteroatoms. The molecule has 2 aliphatic rings. The van der Waals surface area contributed by atoms with E-state index >= 15 is 0 Å². The average molecular weight is 289 g/mol. The van der Waals surface area contributed by atoms with Crippen molar-refractivity contribution < 1.29 is 9.53 Å². The minimum absolute atomic E-state index is 0.300. The lowest BCUT2D eigenvalue weighted by molar-refractivity contribution is 0.0600. The topological polar surface area (TPSA) is 54.5 Å². The highest BCUT2D eigenvalue weighted by Crippen LogP contribution is 2.28. The molecular formula is C16H23N3O2. The number of pyridine rings is 1. The van der Waals surface area contributed by atoms with Gasteiger partial charge in [0.1, 0.15) is 5.82 Å². The highest BCUT2D eigenvalue weighted by Gasteiger charge is 2.32. The number of nitrogens with one attached hydrogen (secondary N) is 1. The number of esters is 1. The van der Waals surface area contributed by atoms with Crippen LogP contribution in [0.1, 0.15) is 42.5 Å². The maximum Gasteiger partial charge on any atom is 0.338 e. The number of piperidine rings is 1. The van der Waals surface area contributed by atoms with Crippen molar-refractivity contribution >= 4 is 11.8 Å². The van der Waals surface area contributed by atoms with Gasteiger partial charge in [-0.3, -0.25) is 0 Å². The van der Waals surface area contributed by atoms with Crippen LogP contribution in [-0.2, 0) is 4.74 Å². The lowest BCUT2D eigenvalue weighted by atomic mass is 9.94. The van der Waals surface area contributed by atoms with Crippen molar-refractivity contribution in [2.75, 3.05) is 25.1 Å². The Morgan fingerprint density at radius 1 is 1.38 bits per heavy atom. The van der Waals surface area contributed by atoms with Gasteiger partial charge in [-0.15, -0.1) is 0 Å². The molecule has 2 fully saturated rings. The van der Waals surface area contributed by atoms with Crippen LogP contribution in [-0.4, -0.2) is 43.2 Å². The molecule has 2 unspecified atom stereocenters. The molecule has 0 bridgehead atoms. The van der Waals surface area contributed by atoms with Crippen LogP contribution >= 0.6 is 0 Å². The molecule has 114 valence electrons. The number of carbonyl (C=O) groups is 1. The van der Waals surface area contributed by atoms with Crippen LogP contribution in [0.3, 0.4) is 0 Å². The second-order valence-electron chi connectivity index (χ2n) is 5.85. The van der Waals surface area contributed by atoms with Crippen molar-refractivity contribution in [1.82, 2.24) is 10.3 Å². The molecule has 1 N–H and O–H groups in total. The van der Waals surface area contributed by atoms with E-state index in [4.69, 9.17) is 4.74 Å². The SMILES string of the molecule is COC(=O)c1ccnc(N2CCCCC2C2CCCN2)c1. The average Bonchev–Trinajstić information content (AvgIpc) is 3.08. The maximum atomic E-state index is 11.7. The van der Waals surface area contributed by atoms with Crippen molar-refractivity contribution in [3.8, 4) is 0 Å². The van der Waals surface area contributed by atoms with E-state index < -0.39 is 0 Å². The summed E-state index contributed by atoms with van der Waals surface area (Å²) in [5.41, 5.74) is 0.575. The number of hydrogen-bond donors (Lipinski definition) is 1. The van der Waals surface area contributed by atoms with E-state index in [2.05, 4.69) is 15.2 Å². The molecule has 1 aromatic rings. The van der Waals surface area contributed by atoms with E-state index in [1.54, 1.807) is 12.3 Å². The van der Waals surface area contributed by atoms with E-state index in [0.29, 0.717) is 17.6 Å². The Hall–Kier alpha value is -1.62. The van der Waals surface area contributed by atoms with Crippen molar-refractivity contribution in [2.45, 2.75) is 44.2 Å². The summed E-state index contributed by atoms with van der Waals surface area (Å²) in [5, 5.41) is 3.61. The van der Waals surface area contributed by atoms with E-state index in [1.807, 2.05) is 6.07 Å². The Kier molecular flexibility index (Phi) is 4.39. The second kappa shape index (κ2) is 6.43. The van der Waals surface area contributed by atoms with E-state index in [0.717, 1.165) is 18.9 Å². The third kappa shape index (κ3) is 3.02. The summed E-state index contributed by atoms with van der Waals surface area (Å²) >= 11 is 0. The van der Waals surface area contributed by atoms with Gasteiger partial charge in [-0.1, -0.05) is 0 Å². The molecule has 2 atom stereocenters. The normalized spacial score (nSPS) is 25.9. The maximum absolute atomic E-state index is 11.7. The van der Waals surface area contributed by atoms with Gasteiger partial charge in [0, 0.05) is 24.8 Å². The van der Waals surface area contributed by atoms with Crippen LogP contribution in [0.4, 0.5) is 5.82 Å². The predicted octanol–water partition coefficient (Wildman–Crippen LogP) is 1.98. The fourth-order valence-corrected chi connectivity index (χ4v) is 3.52. The largest absolute Gasteiger partial charge is 0.465 e. The quantitative estimate of drug-likeness (QED) is 0.862. The summed E-state index contributed by atoms with van der Waals surface area (Å²) in [6.07, 6.45) is 7.85. The number of hydrogen-bond acceptors (Lipinski definition) is 5. The first-order valence-electron chi connectivity index (χ1n) is 7.84. The Bertz CT molecular complexity index is 500. The van der Waals surface area contributed by atoms with Crippen molar-refractivity contribution in [1.29, 1.82) is 0 Å². The van der Waals surface area contributed by atoms with Gasteiger partial charge < -0.3 is 15.0 Å². The van der Waals surface area contributed by atoms with Crippen LogP contribution in [0.5, 0.6) is 0 Å². The van der Waals surface area contributed by atoms with Gasteiger partial charge in [-0.2, -0.15) is 0 Å². The first kappa shape index (κ1) is 14.3. The lowest BCUT2D eigenvalue weighted by Gasteiger charge is -2.40. The molecule has 1 aromatic heterocycles. The van der Waals surface area contributed by atoms with Gasteiger partial charge in [0.05, 0.1) is 12.7 Å². The summed E-state index contributed by atoms with van der Waals surface area (Å²) in [7, 11) is 1.41. The summed E-state index contributed by atoms with van der Waals surface area (Å²) in [4.78, 5) is 18.6. The molecular weight excluding hydrogens is 266 g/mol. The molecule has 21 heavy (non-hydrogen) atoms. The lowest BCUT2D eigenvalue weighted by Crippen LogP contribution is -2.50. The molecule has 5 nitrogen and oxygen atoms in total. The zero-order valence-corrected chi connectivity index (χ0v) is 12.5. The minimum Gasteiger partial charge on any atom is -0.465 e. The van der Waals surface area contributed by atoms with Crippen molar-refractivity contribution in [2.24, 2.45) is 0 Å². The van der Waals surface area contributed by atoms with Crippen LogP contribution in [0, 0.1) is 0 Å². The van der Waals surface area contributed by atoms with Crippen LogP contribution in [0.15, 0.2) is 18.3 Å². The molecule has 3 heterocycles. The minimum atomic E-state index is -0.300. The Labute approximate surface area is 125 Å². The number of rotatable bonds is 3. The van der Waals surface area contributed by atoms with Crippen molar-refractivity contribution in [3.05, 3.63) is 23.9 Å². The molecule has 2 saturated heterocycles. The van der Waals surface area contributed by atoms with Gasteiger partial charge in [0.2, 0.25) is 0 Å². The van der Waals surface area contributed by atoms with Gasteiger partial charge >= 0.3 is 5.97 Å². The summed E-state index contributed by atoms with van der Waals surface area (Å²) in [6, 6.07) is 4.61. The molecule has 0 spiro atoms. The number of carbonyl (C=O) groups excluding carboxylic acids is 1. The van der Waals surface area contributed by atoms with Crippen LogP contribution in [0.25, 0.3) is 0 Å². The van der Waals surface area contributed by atoms with Crippen LogP contribution < -0.4 is 10.2 Å². The van der Waals surface area contributed by atoms with Gasteiger partial charge in [0.25, 0.3) is 0 Å². The van der Waals surface area contributed by atoms with E-state index in [9.17, 15) is 4.79 Å².